The first kappa shape index (κ1) is 53.8. The topological polar surface area (TPSA) is 6.48 Å². The molecule has 4 aromatic heterocycles. The third-order valence-corrected chi connectivity index (χ3v) is 18.0. The van der Waals surface area contributed by atoms with Crippen LogP contribution in [0.2, 0.25) is 0 Å². The molecular formula is C66H36F10N2S4. The predicted molar refractivity (Wildman–Crippen MR) is 313 cm³/mol. The van der Waals surface area contributed by atoms with Crippen molar-refractivity contribution in [3.8, 4) is 41.8 Å². The summed E-state index contributed by atoms with van der Waals surface area (Å²) in [4.78, 5) is 6.71. The average molecular weight is 1180 g/mol. The van der Waals surface area contributed by atoms with Crippen LogP contribution in [0.1, 0.15) is 19.5 Å². The summed E-state index contributed by atoms with van der Waals surface area (Å²) >= 11 is 4.09. The van der Waals surface area contributed by atoms with E-state index in [-0.39, 0.29) is 25.1 Å². The third kappa shape index (κ3) is 10.0. The smallest absolute Gasteiger partial charge is 0.200 e. The van der Waals surface area contributed by atoms with Crippen LogP contribution >= 0.6 is 45.3 Å². The summed E-state index contributed by atoms with van der Waals surface area (Å²) in [5.74, 6) is -21.5. The van der Waals surface area contributed by atoms with Crippen LogP contribution in [0, 0.1) is 58.2 Å². The molecule has 0 aliphatic rings. The lowest BCUT2D eigenvalue weighted by atomic mass is 10.0. The van der Waals surface area contributed by atoms with Gasteiger partial charge in [0.25, 0.3) is 0 Å². The number of nitrogens with zero attached hydrogens (tertiary/aromatic N) is 2. The van der Waals surface area contributed by atoms with Crippen LogP contribution in [0.25, 0.3) is 52.9 Å². The SMILES string of the molecule is Fc1c(F)c(F)c(-c2ccc(C(=C(c3ccc(-c4ccc(N(c5ccccc5)c5ccccc5)cc4)s3)c3ccc(-c4ccc(N(c5ccccc5)c5ccccc5)cc4)s3)c3ccc(-c4c(F)c(F)c(F)c(F)c4F)s3)s2)c(F)c1F. The van der Waals surface area contributed by atoms with Crippen LogP contribution in [-0.4, -0.2) is 0 Å². The Kier molecular flexibility index (Phi) is 14.8. The predicted octanol–water partition coefficient (Wildman–Crippen LogP) is 21.9. The van der Waals surface area contributed by atoms with Crippen molar-refractivity contribution in [1.82, 2.24) is 0 Å². The summed E-state index contributed by atoms with van der Waals surface area (Å²) in [5.41, 5.74) is 5.50. The molecule has 0 unspecified atom stereocenters. The molecule has 404 valence electrons. The van der Waals surface area contributed by atoms with E-state index in [0.29, 0.717) is 38.0 Å². The van der Waals surface area contributed by atoms with Gasteiger partial charge in [0.2, 0.25) is 11.6 Å². The lowest BCUT2D eigenvalue weighted by Gasteiger charge is -2.25. The minimum absolute atomic E-state index is 0.196. The van der Waals surface area contributed by atoms with Crippen molar-refractivity contribution in [2.75, 3.05) is 9.80 Å². The van der Waals surface area contributed by atoms with E-state index in [2.05, 4.69) is 9.80 Å². The van der Waals surface area contributed by atoms with Crippen molar-refractivity contribution in [3.05, 3.63) is 296 Å². The maximum absolute atomic E-state index is 15.6. The number of rotatable bonds is 14. The fourth-order valence-electron chi connectivity index (χ4n) is 9.60. The molecule has 0 N–H and O–H groups in total. The molecule has 2 nitrogen and oxygen atoms in total. The van der Waals surface area contributed by atoms with Gasteiger partial charge in [-0.05, 0) is 132 Å². The molecular weight excluding hydrogens is 1140 g/mol. The van der Waals surface area contributed by atoms with Gasteiger partial charge in [-0.1, -0.05) is 97.1 Å². The van der Waals surface area contributed by atoms with Gasteiger partial charge in [-0.3, -0.25) is 0 Å². The largest absolute Gasteiger partial charge is 0.311 e. The normalized spacial score (nSPS) is 11.3. The zero-order chi connectivity index (χ0) is 56.8. The zero-order valence-electron chi connectivity index (χ0n) is 42.1. The highest BCUT2D eigenvalue weighted by molar-refractivity contribution is 7.21. The fraction of sp³-hybridized carbons (Fsp3) is 0. The van der Waals surface area contributed by atoms with Crippen molar-refractivity contribution in [3.63, 3.8) is 0 Å². The van der Waals surface area contributed by atoms with Crippen molar-refractivity contribution in [1.29, 1.82) is 0 Å². The summed E-state index contributed by atoms with van der Waals surface area (Å²) in [5, 5.41) is 0. The molecule has 8 aromatic carbocycles. The van der Waals surface area contributed by atoms with Gasteiger partial charge < -0.3 is 9.80 Å². The van der Waals surface area contributed by atoms with E-state index in [4.69, 9.17) is 0 Å². The molecule has 0 radical (unpaired) electrons. The van der Waals surface area contributed by atoms with Gasteiger partial charge >= 0.3 is 0 Å². The Bertz CT molecular complexity index is 3920. The lowest BCUT2D eigenvalue weighted by Crippen LogP contribution is -2.09. The first-order chi connectivity index (χ1) is 39.8. The number of halogens is 10. The molecule has 82 heavy (non-hydrogen) atoms. The molecule has 12 rings (SSSR count). The molecule has 0 saturated heterocycles. The van der Waals surface area contributed by atoms with Crippen LogP contribution in [0.4, 0.5) is 78.0 Å². The van der Waals surface area contributed by atoms with Gasteiger partial charge in [0.05, 0.1) is 11.1 Å². The second kappa shape index (κ2) is 22.6. The Balaban J connectivity index is 1.04. The van der Waals surface area contributed by atoms with E-state index < -0.39 is 69.3 Å². The summed E-state index contributed by atoms with van der Waals surface area (Å²) in [6.07, 6.45) is 0. The first-order valence-corrected chi connectivity index (χ1v) is 28.3. The molecule has 0 fully saturated rings. The van der Waals surface area contributed by atoms with Crippen LogP contribution in [-0.2, 0) is 0 Å². The van der Waals surface area contributed by atoms with E-state index in [9.17, 15) is 26.3 Å². The van der Waals surface area contributed by atoms with E-state index in [0.717, 1.165) is 55.0 Å². The molecule has 0 aliphatic heterocycles. The Morgan fingerprint density at radius 2 is 0.439 bits per heavy atom. The number of thiophene rings is 4. The first-order valence-electron chi connectivity index (χ1n) is 25.0. The highest BCUT2D eigenvalue weighted by atomic mass is 32.1. The molecule has 0 amide bonds. The molecule has 0 aliphatic carbocycles. The monoisotopic (exact) mass is 1170 g/mol. The minimum atomic E-state index is -2.33. The maximum atomic E-state index is 15.6. The third-order valence-electron chi connectivity index (χ3n) is 13.4. The Hall–Kier alpha value is -8.80. The number of anilines is 6. The molecule has 4 heterocycles. The quantitative estimate of drug-likeness (QED) is 0.0608. The van der Waals surface area contributed by atoms with Gasteiger partial charge in [0, 0.05) is 84.3 Å². The van der Waals surface area contributed by atoms with E-state index in [1.807, 2.05) is 194 Å². The highest BCUT2D eigenvalue weighted by Crippen LogP contribution is 2.51. The van der Waals surface area contributed by atoms with Gasteiger partial charge in [-0.15, -0.1) is 45.3 Å². The van der Waals surface area contributed by atoms with Gasteiger partial charge in [-0.2, -0.15) is 0 Å². The Labute approximate surface area is 479 Å². The van der Waals surface area contributed by atoms with Crippen LogP contribution in [0.5, 0.6) is 0 Å². The summed E-state index contributed by atoms with van der Waals surface area (Å²) < 4.78 is 150. The summed E-state index contributed by atoms with van der Waals surface area (Å²) in [6.45, 7) is 0. The summed E-state index contributed by atoms with van der Waals surface area (Å²) in [6, 6.07) is 68.1. The van der Waals surface area contributed by atoms with Crippen molar-refractivity contribution >= 4 is 90.6 Å². The standard InChI is InChI=1S/C66H36F10N2S4/c67-57-55(58(68)62(72)65(75)61(57)71)51-35-33-49(81-51)54(50-34-36-52(82-50)56-59(69)63(73)66(76)64(74)60(56)70)53(47-31-29-45(79-47)37-21-25-43(26-22-37)77(39-13-5-1-6-14-39)40-15-7-2-8-16-40)48-32-30-46(80-48)38-23-27-44(28-24-38)78(41-17-9-3-10-18-41)42-19-11-4-12-20-42/h1-36H. The van der Waals surface area contributed by atoms with E-state index in [1.165, 1.54) is 46.9 Å². The molecule has 0 bridgehead atoms. The molecule has 0 atom stereocenters. The van der Waals surface area contributed by atoms with E-state index >= 15 is 17.6 Å². The Morgan fingerprint density at radius 1 is 0.220 bits per heavy atom. The van der Waals surface area contributed by atoms with Gasteiger partial charge in [-0.25, -0.2) is 43.9 Å². The highest BCUT2D eigenvalue weighted by Gasteiger charge is 2.31. The van der Waals surface area contributed by atoms with Crippen LogP contribution < -0.4 is 9.80 Å². The lowest BCUT2D eigenvalue weighted by molar-refractivity contribution is 0.381. The zero-order valence-corrected chi connectivity index (χ0v) is 45.4. The number of hydrogen-bond donors (Lipinski definition) is 0. The van der Waals surface area contributed by atoms with Crippen molar-refractivity contribution in [2.24, 2.45) is 0 Å². The minimum Gasteiger partial charge on any atom is -0.311 e. The number of para-hydroxylation sites is 4. The maximum Gasteiger partial charge on any atom is 0.200 e. The van der Waals surface area contributed by atoms with Crippen molar-refractivity contribution < 1.29 is 43.9 Å². The van der Waals surface area contributed by atoms with Crippen molar-refractivity contribution in [2.45, 2.75) is 0 Å². The summed E-state index contributed by atoms with van der Waals surface area (Å²) in [7, 11) is 0. The van der Waals surface area contributed by atoms with Gasteiger partial charge in [0.15, 0.2) is 46.5 Å². The average Bonchev–Trinajstić information content (AvgIpc) is 4.53. The van der Waals surface area contributed by atoms with Crippen LogP contribution in [0.15, 0.2) is 218 Å². The Morgan fingerprint density at radius 3 is 0.707 bits per heavy atom. The number of hydrogen-bond acceptors (Lipinski definition) is 6. The van der Waals surface area contributed by atoms with E-state index in [1.54, 1.807) is 0 Å². The second-order valence-electron chi connectivity index (χ2n) is 18.4. The molecule has 16 heteroatoms. The molecule has 0 saturated carbocycles. The fourth-order valence-corrected chi connectivity index (χ4v) is 14.1. The second-order valence-corrected chi connectivity index (χ2v) is 22.7. The van der Waals surface area contributed by atoms with Gasteiger partial charge in [0.1, 0.15) is 0 Å². The number of benzene rings is 8. The van der Waals surface area contributed by atoms with Crippen LogP contribution in [0.3, 0.4) is 0 Å². The molecule has 12 aromatic rings. The molecule has 0 spiro atoms.